The maximum atomic E-state index is 12.8. The van der Waals surface area contributed by atoms with Gasteiger partial charge in [0.2, 0.25) is 13.6 Å². The molecule has 1 amide bonds. The van der Waals surface area contributed by atoms with E-state index in [4.69, 9.17) is 32.8 Å². The van der Waals surface area contributed by atoms with E-state index in [2.05, 4.69) is 10.2 Å². The summed E-state index contributed by atoms with van der Waals surface area (Å²) in [6.07, 6.45) is 0. The number of benzene rings is 3. The van der Waals surface area contributed by atoms with Gasteiger partial charge in [-0.3, -0.25) is 9.69 Å². The summed E-state index contributed by atoms with van der Waals surface area (Å²) in [5.41, 5.74) is 3.00. The number of hydrogen-bond donors (Lipinski definition) is 1. The molecule has 0 bridgehead atoms. The smallest absolute Gasteiger partial charge is 0.287 e. The van der Waals surface area contributed by atoms with E-state index in [0.717, 1.165) is 28.2 Å². The summed E-state index contributed by atoms with van der Waals surface area (Å²) in [6.45, 7) is 2.44. The minimum Gasteiger partial charge on any atom is -0.493 e. The van der Waals surface area contributed by atoms with E-state index >= 15 is 0 Å². The lowest BCUT2D eigenvalue weighted by Gasteiger charge is -2.22. The molecule has 0 saturated carbocycles. The van der Waals surface area contributed by atoms with Crippen LogP contribution in [0.5, 0.6) is 34.5 Å². The molecule has 1 N–H and O–H groups in total. The highest BCUT2D eigenvalue weighted by Gasteiger charge is 2.19. The Morgan fingerprint density at radius 1 is 0.707 bits per heavy atom. The maximum Gasteiger partial charge on any atom is 0.287 e. The average molecular weight is 559 g/mol. The Hall–Kier alpha value is -4.83. The van der Waals surface area contributed by atoms with Gasteiger partial charge in [-0.05, 0) is 65.2 Å². The van der Waals surface area contributed by atoms with Crippen LogP contribution in [0, 0.1) is 0 Å². The number of fused-ring (bicyclic) bond motifs is 2. The number of hydrogen-bond acceptors (Lipinski definition) is 9. The predicted molar refractivity (Wildman–Crippen MR) is 148 cm³/mol. The number of nitrogens with zero attached hydrogens (tertiary/aromatic N) is 1. The fraction of sp³-hybridized carbons (Fsp3) is 0.258. The molecule has 0 atom stereocenters. The Bertz CT molecular complexity index is 1550. The predicted octanol–water partition coefficient (Wildman–Crippen LogP) is 4.89. The lowest BCUT2D eigenvalue weighted by atomic mass is 10.1. The van der Waals surface area contributed by atoms with Crippen LogP contribution in [-0.2, 0) is 26.2 Å². The molecule has 6 rings (SSSR count). The summed E-state index contributed by atoms with van der Waals surface area (Å²) in [5, 5.41) is 2.91. The van der Waals surface area contributed by atoms with Crippen LogP contribution >= 0.6 is 0 Å². The van der Waals surface area contributed by atoms with Crippen LogP contribution < -0.4 is 33.7 Å². The molecule has 0 spiro atoms. The third kappa shape index (κ3) is 6.02. The van der Waals surface area contributed by atoms with Gasteiger partial charge < -0.3 is 38.2 Å². The molecule has 0 unspecified atom stereocenters. The highest BCUT2D eigenvalue weighted by Crippen LogP contribution is 2.34. The lowest BCUT2D eigenvalue weighted by molar-refractivity contribution is 0.0918. The molecule has 0 fully saturated rings. The fourth-order valence-corrected chi connectivity index (χ4v) is 4.83. The lowest BCUT2D eigenvalue weighted by Crippen LogP contribution is -2.23. The molecule has 41 heavy (non-hydrogen) atoms. The van der Waals surface area contributed by atoms with Crippen molar-refractivity contribution in [3.05, 3.63) is 94.9 Å². The zero-order chi connectivity index (χ0) is 28.2. The summed E-state index contributed by atoms with van der Waals surface area (Å²) in [4.78, 5) is 15.1. The van der Waals surface area contributed by atoms with Gasteiger partial charge in [0.05, 0.1) is 20.8 Å². The van der Waals surface area contributed by atoms with Crippen LogP contribution in [-0.4, -0.2) is 38.6 Å². The Balaban J connectivity index is 1.15. The van der Waals surface area contributed by atoms with E-state index < -0.39 is 0 Å². The van der Waals surface area contributed by atoms with E-state index in [1.807, 2.05) is 60.7 Å². The van der Waals surface area contributed by atoms with E-state index in [1.54, 1.807) is 20.3 Å². The zero-order valence-electron chi connectivity index (χ0n) is 22.8. The second-order valence-corrected chi connectivity index (χ2v) is 9.66. The second kappa shape index (κ2) is 11.7. The van der Waals surface area contributed by atoms with Crippen molar-refractivity contribution in [1.29, 1.82) is 0 Å². The van der Waals surface area contributed by atoms with E-state index in [1.165, 1.54) is 0 Å². The topological polar surface area (TPSA) is 101 Å². The van der Waals surface area contributed by atoms with Gasteiger partial charge in [0.1, 0.15) is 5.76 Å². The first-order valence-corrected chi connectivity index (χ1v) is 13.1. The van der Waals surface area contributed by atoms with Gasteiger partial charge in [-0.2, -0.15) is 0 Å². The van der Waals surface area contributed by atoms with E-state index in [-0.39, 0.29) is 25.3 Å². The van der Waals surface area contributed by atoms with Crippen molar-refractivity contribution in [2.75, 3.05) is 27.8 Å². The molecular weight excluding hydrogens is 528 g/mol. The molecule has 0 radical (unpaired) electrons. The zero-order valence-corrected chi connectivity index (χ0v) is 22.8. The number of carbonyl (C=O) groups excluding carboxylic acids is 1. The van der Waals surface area contributed by atoms with Crippen molar-refractivity contribution in [3.63, 3.8) is 0 Å². The molecule has 10 nitrogen and oxygen atoms in total. The largest absolute Gasteiger partial charge is 0.493 e. The van der Waals surface area contributed by atoms with E-state index in [0.29, 0.717) is 54.9 Å². The maximum absolute atomic E-state index is 12.8. The van der Waals surface area contributed by atoms with Crippen LogP contribution in [0.1, 0.15) is 33.0 Å². The molecule has 0 saturated heterocycles. The van der Waals surface area contributed by atoms with Crippen molar-refractivity contribution in [2.45, 2.75) is 26.2 Å². The van der Waals surface area contributed by atoms with Gasteiger partial charge in [0.15, 0.2) is 40.3 Å². The van der Waals surface area contributed by atoms with Crippen molar-refractivity contribution >= 4 is 5.91 Å². The number of rotatable bonds is 11. The van der Waals surface area contributed by atoms with Crippen molar-refractivity contribution in [2.24, 2.45) is 0 Å². The van der Waals surface area contributed by atoms with Gasteiger partial charge in [-0.25, -0.2) is 0 Å². The number of nitrogens with one attached hydrogen (secondary N) is 1. The summed E-state index contributed by atoms with van der Waals surface area (Å²) in [6, 6.07) is 20.9. The Kier molecular flexibility index (Phi) is 7.55. The van der Waals surface area contributed by atoms with E-state index in [9.17, 15) is 4.79 Å². The molecular formula is C31H30N2O8. The molecule has 10 heteroatoms. The summed E-state index contributed by atoms with van der Waals surface area (Å²) in [7, 11) is 3.23. The molecule has 0 aliphatic carbocycles. The first-order chi connectivity index (χ1) is 20.1. The molecule has 212 valence electrons. The molecule has 4 aromatic rings. The summed E-state index contributed by atoms with van der Waals surface area (Å²) >= 11 is 0. The quantitative estimate of drug-likeness (QED) is 0.276. The number of amides is 1. The van der Waals surface area contributed by atoms with Gasteiger partial charge >= 0.3 is 0 Å². The third-order valence-electron chi connectivity index (χ3n) is 6.85. The molecule has 3 heterocycles. The summed E-state index contributed by atoms with van der Waals surface area (Å²) in [5.74, 6) is 4.79. The number of ether oxygens (including phenoxy) is 6. The Morgan fingerprint density at radius 3 is 2.02 bits per heavy atom. The molecule has 2 aliphatic heterocycles. The molecule has 2 aliphatic rings. The van der Waals surface area contributed by atoms with Crippen molar-refractivity contribution < 1.29 is 37.6 Å². The van der Waals surface area contributed by atoms with Gasteiger partial charge in [-0.1, -0.05) is 18.2 Å². The van der Waals surface area contributed by atoms with Crippen LogP contribution in [0.4, 0.5) is 0 Å². The number of furan rings is 1. The molecule has 1 aromatic heterocycles. The van der Waals surface area contributed by atoms with Crippen molar-refractivity contribution in [3.8, 4) is 34.5 Å². The fourth-order valence-electron chi connectivity index (χ4n) is 4.83. The van der Waals surface area contributed by atoms with Crippen LogP contribution in [0.3, 0.4) is 0 Å². The first-order valence-electron chi connectivity index (χ1n) is 13.1. The number of carbonyl (C=O) groups is 1. The normalized spacial score (nSPS) is 13.0. The van der Waals surface area contributed by atoms with Gasteiger partial charge in [-0.15, -0.1) is 0 Å². The monoisotopic (exact) mass is 558 g/mol. The SMILES string of the molecule is COc1ccc(CN(Cc2ccc3c(c2)OCO3)Cc2ccc(C(=O)NCc3ccc4c(c3)OCO4)o2)cc1OC. The second-order valence-electron chi connectivity index (χ2n) is 9.66. The van der Waals surface area contributed by atoms with Crippen LogP contribution in [0.15, 0.2) is 71.1 Å². The minimum atomic E-state index is -0.295. The van der Waals surface area contributed by atoms with Gasteiger partial charge in [0.25, 0.3) is 5.91 Å². The average Bonchev–Trinajstić information content (AvgIpc) is 3.76. The standard InChI is InChI=1S/C31H30N2O8/c1-35-24-7-4-21(12-28(24)36-2)15-33(16-22-5-9-26-30(13-22)40-19-38-26)17-23-6-10-27(41-23)31(34)32-14-20-3-8-25-29(11-20)39-18-37-25/h3-13H,14-19H2,1-2H3,(H,32,34). The van der Waals surface area contributed by atoms with Crippen molar-refractivity contribution in [1.82, 2.24) is 10.2 Å². The summed E-state index contributed by atoms with van der Waals surface area (Å²) < 4.78 is 38.7. The highest BCUT2D eigenvalue weighted by molar-refractivity contribution is 5.91. The first kappa shape index (κ1) is 26.4. The Labute approximate surface area is 237 Å². The van der Waals surface area contributed by atoms with Gasteiger partial charge in [0, 0.05) is 19.6 Å². The molecule has 3 aromatic carbocycles. The van der Waals surface area contributed by atoms with Crippen LogP contribution in [0.2, 0.25) is 0 Å². The Morgan fingerprint density at radius 2 is 1.32 bits per heavy atom. The minimum absolute atomic E-state index is 0.206. The third-order valence-corrected chi connectivity index (χ3v) is 6.85. The van der Waals surface area contributed by atoms with Crippen LogP contribution in [0.25, 0.3) is 0 Å². The highest BCUT2D eigenvalue weighted by atomic mass is 16.7. The number of methoxy groups -OCH3 is 2.